The number of hydrogen-bond donors (Lipinski definition) is 1. The predicted octanol–water partition coefficient (Wildman–Crippen LogP) is 4.54. The van der Waals surface area contributed by atoms with Gasteiger partial charge in [-0.1, -0.05) is 6.92 Å². The van der Waals surface area contributed by atoms with Crippen molar-refractivity contribution in [2.75, 3.05) is 13.6 Å². The van der Waals surface area contributed by atoms with Crippen LogP contribution in [-0.2, 0) is 19.6 Å². The van der Waals surface area contributed by atoms with Crippen LogP contribution in [0.3, 0.4) is 0 Å². The number of aryl methyl sites for hydroxylation is 1. The van der Waals surface area contributed by atoms with E-state index < -0.39 is 0 Å². The minimum Gasteiger partial charge on any atom is -0.465 e. The van der Waals surface area contributed by atoms with Crippen molar-refractivity contribution in [3.8, 4) is 0 Å². The van der Waals surface area contributed by atoms with Crippen LogP contribution < -0.4 is 5.32 Å². The number of halogens is 1. The van der Waals surface area contributed by atoms with Gasteiger partial charge in [-0.15, -0.1) is 11.3 Å². The maximum atomic E-state index is 5.87. The van der Waals surface area contributed by atoms with E-state index in [0.717, 1.165) is 48.6 Å². The first-order valence-electron chi connectivity index (χ1n) is 7.28. The molecule has 0 spiro atoms. The summed E-state index contributed by atoms with van der Waals surface area (Å²) in [5.41, 5.74) is 1.27. The lowest BCUT2D eigenvalue weighted by Crippen LogP contribution is -2.16. The van der Waals surface area contributed by atoms with Crippen molar-refractivity contribution in [1.29, 1.82) is 0 Å². The van der Waals surface area contributed by atoms with E-state index in [2.05, 4.69) is 57.6 Å². The number of furan rings is 1. The Hall–Kier alpha value is -0.620. The number of rotatable bonds is 8. The third-order valence-corrected chi connectivity index (χ3v) is 4.97. The van der Waals surface area contributed by atoms with Gasteiger partial charge in [-0.05, 0) is 55.0 Å². The van der Waals surface area contributed by atoms with E-state index in [4.69, 9.17) is 4.42 Å². The Labute approximate surface area is 139 Å². The van der Waals surface area contributed by atoms with Crippen molar-refractivity contribution in [1.82, 2.24) is 10.2 Å². The molecule has 0 amide bonds. The van der Waals surface area contributed by atoms with Crippen LogP contribution in [0.2, 0.25) is 0 Å². The van der Waals surface area contributed by atoms with Crippen LogP contribution in [0, 0.1) is 6.92 Å². The van der Waals surface area contributed by atoms with Gasteiger partial charge < -0.3 is 9.73 Å². The molecule has 0 saturated heterocycles. The second-order valence-corrected chi connectivity index (χ2v) is 7.29. The van der Waals surface area contributed by atoms with Gasteiger partial charge in [0.05, 0.1) is 6.54 Å². The first-order chi connectivity index (χ1) is 10.1. The smallest absolute Gasteiger partial charge is 0.118 e. The highest BCUT2D eigenvalue weighted by molar-refractivity contribution is 9.10. The molecule has 0 aliphatic carbocycles. The monoisotopic (exact) mass is 370 g/mol. The van der Waals surface area contributed by atoms with E-state index in [1.54, 1.807) is 11.3 Å². The van der Waals surface area contributed by atoms with Crippen molar-refractivity contribution in [3.05, 3.63) is 43.9 Å². The molecule has 0 atom stereocenters. The summed E-state index contributed by atoms with van der Waals surface area (Å²) in [6, 6.07) is 4.35. The van der Waals surface area contributed by atoms with Crippen LogP contribution >= 0.6 is 27.3 Å². The lowest BCUT2D eigenvalue weighted by atomic mass is 10.2. The summed E-state index contributed by atoms with van der Waals surface area (Å²) >= 11 is 5.28. The topological polar surface area (TPSA) is 28.4 Å². The molecule has 0 saturated carbocycles. The zero-order chi connectivity index (χ0) is 15.2. The summed E-state index contributed by atoms with van der Waals surface area (Å²) in [6.45, 7) is 7.95. The van der Waals surface area contributed by atoms with Crippen molar-refractivity contribution >= 4 is 27.3 Å². The largest absolute Gasteiger partial charge is 0.465 e. The summed E-state index contributed by atoms with van der Waals surface area (Å²) in [5.74, 6) is 2.07. The van der Waals surface area contributed by atoms with Gasteiger partial charge >= 0.3 is 0 Å². The van der Waals surface area contributed by atoms with Gasteiger partial charge in [0.15, 0.2) is 0 Å². The molecule has 0 unspecified atom stereocenters. The van der Waals surface area contributed by atoms with Crippen LogP contribution in [0.5, 0.6) is 0 Å². The standard InChI is InChI=1S/C16H23BrN2OS/c1-4-5-18-8-13-6-15(20-12(13)2)9-19(3)10-16-7-14(17)11-21-16/h6-7,11,18H,4-5,8-10H2,1-3H3. The lowest BCUT2D eigenvalue weighted by Gasteiger charge is -2.13. The van der Waals surface area contributed by atoms with Gasteiger partial charge in [0, 0.05) is 33.4 Å². The van der Waals surface area contributed by atoms with E-state index in [-0.39, 0.29) is 0 Å². The first-order valence-corrected chi connectivity index (χ1v) is 8.96. The van der Waals surface area contributed by atoms with E-state index in [9.17, 15) is 0 Å². The molecule has 2 heterocycles. The van der Waals surface area contributed by atoms with Crippen molar-refractivity contribution in [3.63, 3.8) is 0 Å². The molecule has 5 heteroatoms. The number of nitrogens with one attached hydrogen (secondary N) is 1. The first kappa shape index (κ1) is 16.7. The summed E-state index contributed by atoms with van der Waals surface area (Å²) in [5, 5.41) is 5.55. The van der Waals surface area contributed by atoms with Gasteiger partial charge in [0.1, 0.15) is 11.5 Å². The molecule has 2 rings (SSSR count). The van der Waals surface area contributed by atoms with Gasteiger partial charge in [-0.2, -0.15) is 0 Å². The maximum Gasteiger partial charge on any atom is 0.118 e. The Morgan fingerprint density at radius 1 is 1.33 bits per heavy atom. The fourth-order valence-corrected chi connectivity index (χ4v) is 3.80. The van der Waals surface area contributed by atoms with E-state index in [1.165, 1.54) is 10.4 Å². The molecule has 0 fully saturated rings. The molecule has 0 aliphatic heterocycles. The molecule has 1 N–H and O–H groups in total. The summed E-state index contributed by atoms with van der Waals surface area (Å²) in [7, 11) is 2.13. The van der Waals surface area contributed by atoms with Crippen molar-refractivity contribution < 1.29 is 4.42 Å². The van der Waals surface area contributed by atoms with Crippen LogP contribution in [0.25, 0.3) is 0 Å². The van der Waals surface area contributed by atoms with Crippen LogP contribution in [0.4, 0.5) is 0 Å². The molecular formula is C16H23BrN2OS. The average Bonchev–Trinajstić information content (AvgIpc) is 2.96. The van der Waals surface area contributed by atoms with E-state index >= 15 is 0 Å². The van der Waals surface area contributed by atoms with Gasteiger partial charge in [-0.25, -0.2) is 0 Å². The molecule has 2 aromatic heterocycles. The Morgan fingerprint density at radius 3 is 2.81 bits per heavy atom. The van der Waals surface area contributed by atoms with Gasteiger partial charge in [-0.3, -0.25) is 4.90 Å². The Morgan fingerprint density at radius 2 is 2.14 bits per heavy atom. The van der Waals surface area contributed by atoms with Crippen molar-refractivity contribution in [2.24, 2.45) is 0 Å². The second-order valence-electron chi connectivity index (χ2n) is 5.37. The second kappa shape index (κ2) is 8.13. The Balaban J connectivity index is 1.88. The molecule has 116 valence electrons. The summed E-state index contributed by atoms with van der Waals surface area (Å²) in [6.07, 6.45) is 1.16. The number of hydrogen-bond acceptors (Lipinski definition) is 4. The van der Waals surface area contributed by atoms with Crippen LogP contribution in [0.15, 0.2) is 26.4 Å². The highest BCUT2D eigenvalue weighted by Gasteiger charge is 2.10. The fourth-order valence-electron chi connectivity index (χ4n) is 2.27. The highest BCUT2D eigenvalue weighted by Crippen LogP contribution is 2.22. The van der Waals surface area contributed by atoms with Crippen LogP contribution in [-0.4, -0.2) is 18.5 Å². The molecule has 2 aromatic rings. The predicted molar refractivity (Wildman–Crippen MR) is 92.6 cm³/mol. The molecule has 0 aliphatic rings. The Bertz CT molecular complexity index is 564. The van der Waals surface area contributed by atoms with E-state index in [0.29, 0.717) is 0 Å². The van der Waals surface area contributed by atoms with E-state index in [1.807, 2.05) is 6.92 Å². The maximum absolute atomic E-state index is 5.87. The molecule has 3 nitrogen and oxygen atoms in total. The zero-order valence-corrected chi connectivity index (χ0v) is 15.3. The molecule has 0 aromatic carbocycles. The van der Waals surface area contributed by atoms with Crippen LogP contribution in [0.1, 0.15) is 35.3 Å². The minimum absolute atomic E-state index is 0.837. The third-order valence-electron chi connectivity index (χ3n) is 3.29. The summed E-state index contributed by atoms with van der Waals surface area (Å²) < 4.78 is 7.03. The highest BCUT2D eigenvalue weighted by atomic mass is 79.9. The van der Waals surface area contributed by atoms with Gasteiger partial charge in [0.25, 0.3) is 0 Å². The average molecular weight is 371 g/mol. The number of thiophene rings is 1. The Kier molecular flexibility index (Phi) is 6.48. The third kappa shape index (κ3) is 5.25. The normalized spacial score (nSPS) is 11.5. The number of nitrogens with zero attached hydrogens (tertiary/aromatic N) is 1. The van der Waals surface area contributed by atoms with Gasteiger partial charge in [0.2, 0.25) is 0 Å². The molecule has 0 bridgehead atoms. The molecule has 21 heavy (non-hydrogen) atoms. The SMILES string of the molecule is CCCNCc1cc(CN(C)Cc2cc(Br)cs2)oc1C. The zero-order valence-electron chi connectivity index (χ0n) is 12.9. The fraction of sp³-hybridized carbons (Fsp3) is 0.500. The molecule has 0 radical (unpaired) electrons. The molecular weight excluding hydrogens is 348 g/mol. The van der Waals surface area contributed by atoms with Crippen molar-refractivity contribution in [2.45, 2.75) is 39.9 Å². The lowest BCUT2D eigenvalue weighted by molar-refractivity contribution is 0.287. The minimum atomic E-state index is 0.837. The summed E-state index contributed by atoms with van der Waals surface area (Å²) in [4.78, 5) is 3.64. The quantitative estimate of drug-likeness (QED) is 0.691.